The maximum atomic E-state index is 13.1. The minimum atomic E-state index is -0.916. The second-order valence-corrected chi connectivity index (χ2v) is 8.70. The van der Waals surface area contributed by atoms with Crippen molar-refractivity contribution in [3.63, 3.8) is 0 Å². The molecule has 0 bridgehead atoms. The normalized spacial score (nSPS) is 17.1. The third-order valence-corrected chi connectivity index (χ3v) is 6.34. The van der Waals surface area contributed by atoms with E-state index in [0.29, 0.717) is 24.7 Å². The number of hydrogen-bond donors (Lipinski definition) is 3. The lowest BCUT2D eigenvalue weighted by Crippen LogP contribution is -2.39. The lowest BCUT2D eigenvalue weighted by atomic mass is 9.92. The summed E-state index contributed by atoms with van der Waals surface area (Å²) in [5.74, 6) is -1.10. The molecule has 2 aromatic carbocycles. The van der Waals surface area contributed by atoms with Crippen LogP contribution in [-0.4, -0.2) is 28.3 Å². The van der Waals surface area contributed by atoms with Crippen molar-refractivity contribution in [2.45, 2.75) is 39.2 Å². The summed E-state index contributed by atoms with van der Waals surface area (Å²) in [7, 11) is 0. The van der Waals surface area contributed by atoms with Crippen LogP contribution in [0, 0.1) is 13.8 Å². The Kier molecular flexibility index (Phi) is 5.20. The number of nitrogens with zero attached hydrogens (tertiary/aromatic N) is 2. The molecule has 0 spiro atoms. The van der Waals surface area contributed by atoms with Crippen LogP contribution >= 0.6 is 0 Å². The van der Waals surface area contributed by atoms with Gasteiger partial charge in [0.1, 0.15) is 5.82 Å². The Balaban J connectivity index is 1.46. The van der Waals surface area contributed by atoms with E-state index < -0.39 is 17.4 Å². The van der Waals surface area contributed by atoms with Crippen LogP contribution in [0.25, 0.3) is 0 Å². The quantitative estimate of drug-likeness (QED) is 0.577. The van der Waals surface area contributed by atoms with Gasteiger partial charge in [0.25, 0.3) is 5.56 Å². The average Bonchev–Trinajstić information content (AvgIpc) is 2.80. The molecule has 33 heavy (non-hydrogen) atoms. The van der Waals surface area contributed by atoms with Gasteiger partial charge in [0.15, 0.2) is 0 Å². The molecular weight excluding hydrogens is 418 g/mol. The summed E-state index contributed by atoms with van der Waals surface area (Å²) in [6.45, 7) is 5.15. The number of benzene rings is 2. The zero-order valence-electron chi connectivity index (χ0n) is 18.6. The van der Waals surface area contributed by atoms with E-state index in [2.05, 4.69) is 32.7 Å². The van der Waals surface area contributed by atoms with Crippen LogP contribution in [0.3, 0.4) is 0 Å². The van der Waals surface area contributed by atoms with E-state index in [-0.39, 0.29) is 23.7 Å². The number of aromatic amines is 1. The molecule has 2 aliphatic rings. The first-order chi connectivity index (χ1) is 15.9. The van der Waals surface area contributed by atoms with Crippen molar-refractivity contribution in [3.05, 3.63) is 80.6 Å². The maximum Gasteiger partial charge on any atom is 0.258 e. The number of amides is 2. The highest BCUT2D eigenvalue weighted by atomic mass is 16.2. The molecule has 2 aliphatic heterocycles. The number of nitrogens with one attached hydrogen (secondary N) is 3. The third-order valence-electron chi connectivity index (χ3n) is 6.34. The van der Waals surface area contributed by atoms with Gasteiger partial charge in [-0.05, 0) is 48.6 Å². The van der Waals surface area contributed by atoms with Crippen molar-refractivity contribution in [1.29, 1.82) is 0 Å². The van der Waals surface area contributed by atoms with Crippen LogP contribution in [0.2, 0.25) is 0 Å². The van der Waals surface area contributed by atoms with Gasteiger partial charge in [0.05, 0.1) is 11.5 Å². The van der Waals surface area contributed by atoms with E-state index in [1.807, 2.05) is 49.1 Å². The van der Waals surface area contributed by atoms with E-state index in [1.54, 1.807) is 0 Å². The Morgan fingerprint density at radius 2 is 1.91 bits per heavy atom. The summed E-state index contributed by atoms with van der Waals surface area (Å²) >= 11 is 0. The molecule has 3 N–H and O–H groups in total. The lowest BCUT2D eigenvalue weighted by molar-refractivity contribution is -0.123. The fourth-order valence-corrected chi connectivity index (χ4v) is 4.50. The predicted octanol–water partition coefficient (Wildman–Crippen LogP) is 3.01. The number of hydrogen-bond acceptors (Lipinski definition) is 5. The summed E-state index contributed by atoms with van der Waals surface area (Å²) in [6, 6.07) is 13.9. The number of anilines is 3. The monoisotopic (exact) mass is 443 g/mol. The van der Waals surface area contributed by atoms with Gasteiger partial charge in [-0.3, -0.25) is 19.4 Å². The molecule has 2 amide bonds. The van der Waals surface area contributed by atoms with Crippen LogP contribution in [0.4, 0.5) is 17.5 Å². The van der Waals surface area contributed by atoms with Gasteiger partial charge >= 0.3 is 0 Å². The SMILES string of the molecule is Cc1ccc(C)c(NC(=O)[C@@H]2CC(=O)Nc3nc(N4CCc5ccccc5C4)[nH]c(=O)c32)c1. The molecule has 3 aromatic rings. The standard InChI is InChI=1S/C25H25N5O3/c1-14-7-8-15(2)19(11-14)26-23(32)18-12-20(31)27-22-21(18)24(33)29-25(28-22)30-10-9-16-5-3-4-6-17(16)13-30/h3-8,11,18H,9-10,12-13H2,1-2H3,(H,26,32)(H2,27,28,29,31,33)/t18-/m1/s1. The summed E-state index contributed by atoms with van der Waals surface area (Å²) in [4.78, 5) is 48.0. The minimum absolute atomic E-state index is 0.106. The number of rotatable bonds is 3. The van der Waals surface area contributed by atoms with Gasteiger partial charge in [-0.25, -0.2) is 0 Å². The van der Waals surface area contributed by atoms with Crippen LogP contribution in [-0.2, 0) is 22.6 Å². The Morgan fingerprint density at radius 3 is 2.73 bits per heavy atom. The highest BCUT2D eigenvalue weighted by molar-refractivity contribution is 6.04. The summed E-state index contributed by atoms with van der Waals surface area (Å²) in [5, 5.41) is 5.58. The largest absolute Gasteiger partial charge is 0.338 e. The molecule has 1 atom stereocenters. The molecule has 0 radical (unpaired) electrons. The second-order valence-electron chi connectivity index (χ2n) is 8.70. The van der Waals surface area contributed by atoms with Gasteiger partial charge in [0, 0.05) is 25.2 Å². The molecule has 0 aliphatic carbocycles. The number of aromatic nitrogens is 2. The van der Waals surface area contributed by atoms with Crippen molar-refractivity contribution in [1.82, 2.24) is 9.97 Å². The number of H-pyrrole nitrogens is 1. The zero-order chi connectivity index (χ0) is 23.1. The Bertz CT molecular complexity index is 1330. The highest BCUT2D eigenvalue weighted by Crippen LogP contribution is 2.31. The van der Waals surface area contributed by atoms with E-state index in [1.165, 1.54) is 11.1 Å². The fraction of sp³-hybridized carbons (Fsp3) is 0.280. The number of aryl methyl sites for hydroxylation is 2. The number of fused-ring (bicyclic) bond motifs is 2. The van der Waals surface area contributed by atoms with Gasteiger partial charge in [0.2, 0.25) is 17.8 Å². The summed E-state index contributed by atoms with van der Waals surface area (Å²) in [5.41, 5.74) is 4.82. The van der Waals surface area contributed by atoms with Crippen LogP contribution in [0.1, 0.15) is 40.2 Å². The number of carbonyl (C=O) groups excluding carboxylic acids is 2. The first-order valence-electron chi connectivity index (χ1n) is 11.0. The molecule has 0 saturated carbocycles. The summed E-state index contributed by atoms with van der Waals surface area (Å²) in [6.07, 6.45) is 0.731. The van der Waals surface area contributed by atoms with Crippen LogP contribution in [0.5, 0.6) is 0 Å². The van der Waals surface area contributed by atoms with E-state index in [0.717, 1.165) is 17.5 Å². The maximum absolute atomic E-state index is 13.1. The van der Waals surface area contributed by atoms with Gasteiger partial charge in [-0.15, -0.1) is 0 Å². The molecule has 0 saturated heterocycles. The summed E-state index contributed by atoms with van der Waals surface area (Å²) < 4.78 is 0. The zero-order valence-corrected chi connectivity index (χ0v) is 18.6. The van der Waals surface area contributed by atoms with Crippen molar-refractivity contribution < 1.29 is 9.59 Å². The van der Waals surface area contributed by atoms with Crippen LogP contribution in [0.15, 0.2) is 47.3 Å². The van der Waals surface area contributed by atoms with Crippen LogP contribution < -0.4 is 21.1 Å². The third kappa shape index (κ3) is 4.00. The van der Waals surface area contributed by atoms with Crippen molar-refractivity contribution in [2.75, 3.05) is 22.1 Å². The molecule has 8 heteroatoms. The predicted molar refractivity (Wildman–Crippen MR) is 127 cm³/mol. The van der Waals surface area contributed by atoms with Gasteiger partial charge < -0.3 is 15.5 Å². The van der Waals surface area contributed by atoms with E-state index in [9.17, 15) is 14.4 Å². The molecule has 5 rings (SSSR count). The van der Waals surface area contributed by atoms with Crippen molar-refractivity contribution in [3.8, 4) is 0 Å². The fourth-order valence-electron chi connectivity index (χ4n) is 4.50. The Labute approximate surface area is 191 Å². The van der Waals surface area contributed by atoms with Crippen molar-refractivity contribution >= 4 is 29.3 Å². The first-order valence-corrected chi connectivity index (χ1v) is 11.0. The lowest BCUT2D eigenvalue weighted by Gasteiger charge is -2.30. The van der Waals surface area contributed by atoms with E-state index >= 15 is 0 Å². The molecule has 8 nitrogen and oxygen atoms in total. The molecule has 168 valence electrons. The Hall–Kier alpha value is -3.94. The van der Waals surface area contributed by atoms with Gasteiger partial charge in [-0.1, -0.05) is 36.4 Å². The highest BCUT2D eigenvalue weighted by Gasteiger charge is 2.35. The molecule has 3 heterocycles. The van der Waals surface area contributed by atoms with Crippen molar-refractivity contribution in [2.24, 2.45) is 0 Å². The minimum Gasteiger partial charge on any atom is -0.338 e. The first kappa shape index (κ1) is 20.9. The smallest absolute Gasteiger partial charge is 0.258 e. The Morgan fingerprint density at radius 1 is 1.12 bits per heavy atom. The molecule has 0 fully saturated rings. The molecule has 0 unspecified atom stereocenters. The topological polar surface area (TPSA) is 107 Å². The molecular formula is C25H25N5O3. The van der Waals surface area contributed by atoms with Gasteiger partial charge in [-0.2, -0.15) is 4.98 Å². The number of carbonyl (C=O) groups is 2. The second kappa shape index (κ2) is 8.20. The van der Waals surface area contributed by atoms with E-state index in [4.69, 9.17) is 0 Å². The average molecular weight is 444 g/mol. The molecule has 1 aromatic heterocycles.